The average Bonchev–Trinajstić information content (AvgIpc) is 2.39. The molecule has 0 radical (unpaired) electrons. The van der Waals surface area contributed by atoms with Gasteiger partial charge >= 0.3 is 0 Å². The van der Waals surface area contributed by atoms with Gasteiger partial charge < -0.3 is 15.4 Å². The Kier molecular flexibility index (Phi) is 4.65. The molecule has 4 nitrogen and oxygen atoms in total. The summed E-state index contributed by atoms with van der Waals surface area (Å²) < 4.78 is 5.07. The highest BCUT2D eigenvalue weighted by molar-refractivity contribution is 7.80. The number of hydrogen-bond acceptors (Lipinski definition) is 3. The summed E-state index contributed by atoms with van der Waals surface area (Å²) in [5.74, 6) is 0. The minimum Gasteiger partial charge on any atom is -0.383 e. The minimum atomic E-state index is 0.165. The lowest BCUT2D eigenvalue weighted by atomic mass is 10.1. The van der Waals surface area contributed by atoms with E-state index in [0.717, 1.165) is 16.5 Å². The third-order valence-corrected chi connectivity index (χ3v) is 2.95. The number of ether oxygens (including phenoxy) is 1. The molecule has 19 heavy (non-hydrogen) atoms. The van der Waals surface area contributed by atoms with Gasteiger partial charge in [0.1, 0.15) is 0 Å². The Morgan fingerprint density at radius 2 is 2.26 bits per heavy atom. The number of benzene rings is 1. The van der Waals surface area contributed by atoms with Gasteiger partial charge in [0.15, 0.2) is 5.11 Å². The van der Waals surface area contributed by atoms with Crippen molar-refractivity contribution in [2.45, 2.75) is 13.0 Å². The molecule has 0 aliphatic carbocycles. The first-order valence-electron chi connectivity index (χ1n) is 6.10. The fraction of sp³-hybridized carbons (Fsp3) is 0.286. The number of rotatable bonds is 4. The van der Waals surface area contributed by atoms with E-state index in [9.17, 15) is 0 Å². The van der Waals surface area contributed by atoms with E-state index in [2.05, 4.69) is 15.6 Å². The van der Waals surface area contributed by atoms with Crippen molar-refractivity contribution < 1.29 is 4.74 Å². The average molecular weight is 275 g/mol. The predicted octanol–water partition coefficient (Wildman–Crippen LogP) is 2.56. The lowest BCUT2D eigenvalue weighted by molar-refractivity contribution is 0.179. The van der Waals surface area contributed by atoms with Crippen LogP contribution in [0.3, 0.4) is 0 Å². The molecule has 0 saturated carbocycles. The molecule has 1 heterocycles. The van der Waals surface area contributed by atoms with Gasteiger partial charge in [0.05, 0.1) is 6.61 Å². The quantitative estimate of drug-likeness (QED) is 0.840. The van der Waals surface area contributed by atoms with Crippen LogP contribution >= 0.6 is 12.2 Å². The van der Waals surface area contributed by atoms with Crippen LogP contribution in [0.2, 0.25) is 0 Å². The van der Waals surface area contributed by atoms with Gasteiger partial charge in [0.25, 0.3) is 0 Å². The van der Waals surface area contributed by atoms with Gasteiger partial charge in [-0.1, -0.05) is 12.1 Å². The molecular weight excluding hydrogens is 258 g/mol. The van der Waals surface area contributed by atoms with Crippen LogP contribution in [0.4, 0.5) is 5.69 Å². The van der Waals surface area contributed by atoms with Crippen LogP contribution in [0.1, 0.15) is 6.92 Å². The summed E-state index contributed by atoms with van der Waals surface area (Å²) in [4.78, 5) is 4.15. The van der Waals surface area contributed by atoms with Gasteiger partial charge in [-0.3, -0.25) is 4.98 Å². The number of aromatic nitrogens is 1. The molecule has 0 bridgehead atoms. The first kappa shape index (κ1) is 13.7. The van der Waals surface area contributed by atoms with Gasteiger partial charge in [0.2, 0.25) is 0 Å². The minimum absolute atomic E-state index is 0.165. The van der Waals surface area contributed by atoms with Crippen LogP contribution in [0.25, 0.3) is 10.8 Å². The smallest absolute Gasteiger partial charge is 0.171 e. The third-order valence-electron chi connectivity index (χ3n) is 2.73. The van der Waals surface area contributed by atoms with Crippen LogP contribution in [0, 0.1) is 0 Å². The van der Waals surface area contributed by atoms with E-state index in [1.54, 1.807) is 13.3 Å². The number of fused-ring (bicyclic) bond motifs is 1. The zero-order valence-electron chi connectivity index (χ0n) is 11.0. The highest BCUT2D eigenvalue weighted by Crippen LogP contribution is 2.21. The maximum atomic E-state index is 5.29. The summed E-state index contributed by atoms with van der Waals surface area (Å²) in [6, 6.07) is 8.17. The highest BCUT2D eigenvalue weighted by atomic mass is 32.1. The van der Waals surface area contributed by atoms with Crippen LogP contribution < -0.4 is 10.6 Å². The van der Waals surface area contributed by atoms with E-state index in [1.165, 1.54) is 0 Å². The van der Waals surface area contributed by atoms with Gasteiger partial charge in [-0.15, -0.1) is 0 Å². The Balaban J connectivity index is 2.11. The zero-order chi connectivity index (χ0) is 13.7. The molecule has 1 atom stereocenters. The van der Waals surface area contributed by atoms with Crippen molar-refractivity contribution in [3.8, 4) is 0 Å². The molecule has 1 unspecified atom stereocenters. The summed E-state index contributed by atoms with van der Waals surface area (Å²) in [6.07, 6.45) is 3.61. The molecule has 0 fully saturated rings. The maximum absolute atomic E-state index is 5.29. The summed E-state index contributed by atoms with van der Waals surface area (Å²) in [6.45, 7) is 2.63. The van der Waals surface area contributed by atoms with Crippen LogP contribution in [-0.4, -0.2) is 29.9 Å². The fourth-order valence-electron chi connectivity index (χ4n) is 1.90. The number of pyridine rings is 1. The lowest BCUT2D eigenvalue weighted by Gasteiger charge is -2.17. The van der Waals surface area contributed by atoms with Crippen molar-refractivity contribution >= 4 is 33.8 Å². The summed E-state index contributed by atoms with van der Waals surface area (Å²) in [7, 11) is 1.67. The molecule has 0 saturated heterocycles. The second-order valence-electron chi connectivity index (χ2n) is 4.36. The molecule has 2 rings (SSSR count). The van der Waals surface area contributed by atoms with Crippen molar-refractivity contribution in [2.24, 2.45) is 0 Å². The monoisotopic (exact) mass is 275 g/mol. The van der Waals surface area contributed by atoms with Gasteiger partial charge in [-0.25, -0.2) is 0 Å². The van der Waals surface area contributed by atoms with E-state index in [4.69, 9.17) is 17.0 Å². The SMILES string of the molecule is COCC(C)NC(=S)Nc1cccc2ccncc12. The Morgan fingerprint density at radius 1 is 1.42 bits per heavy atom. The molecule has 100 valence electrons. The van der Waals surface area contributed by atoms with Crippen LogP contribution in [0.15, 0.2) is 36.7 Å². The van der Waals surface area contributed by atoms with Gasteiger partial charge in [0, 0.05) is 36.6 Å². The van der Waals surface area contributed by atoms with E-state index >= 15 is 0 Å². The number of nitrogens with one attached hydrogen (secondary N) is 2. The van der Waals surface area contributed by atoms with Crippen molar-refractivity contribution in [3.63, 3.8) is 0 Å². The van der Waals surface area contributed by atoms with Crippen LogP contribution in [0.5, 0.6) is 0 Å². The summed E-state index contributed by atoms with van der Waals surface area (Å²) >= 11 is 5.29. The number of methoxy groups -OCH3 is 1. The van der Waals surface area contributed by atoms with Crippen molar-refractivity contribution in [3.05, 3.63) is 36.7 Å². The second-order valence-corrected chi connectivity index (χ2v) is 4.77. The van der Waals surface area contributed by atoms with Gasteiger partial charge in [-0.05, 0) is 36.7 Å². The zero-order valence-corrected chi connectivity index (χ0v) is 11.8. The molecule has 2 aromatic rings. The molecule has 0 aliphatic rings. The predicted molar refractivity (Wildman–Crippen MR) is 82.4 cm³/mol. The standard InChI is InChI=1S/C14H17N3OS/c1-10(9-18-2)16-14(19)17-13-5-3-4-11-6-7-15-8-12(11)13/h3-8,10H,9H2,1-2H3,(H2,16,17,19). The Labute approximate surface area is 118 Å². The Bertz CT molecular complexity index is 568. The number of anilines is 1. The van der Waals surface area contributed by atoms with Crippen molar-refractivity contribution in [2.75, 3.05) is 19.0 Å². The maximum Gasteiger partial charge on any atom is 0.171 e. The Hall–Kier alpha value is -1.72. The van der Waals surface area contributed by atoms with Gasteiger partial charge in [-0.2, -0.15) is 0 Å². The molecule has 1 aromatic heterocycles. The normalized spacial score (nSPS) is 12.1. The second kappa shape index (κ2) is 6.45. The first-order valence-corrected chi connectivity index (χ1v) is 6.50. The molecule has 0 amide bonds. The number of nitrogens with zero attached hydrogens (tertiary/aromatic N) is 1. The fourth-order valence-corrected chi connectivity index (χ4v) is 2.21. The number of hydrogen-bond donors (Lipinski definition) is 2. The molecule has 5 heteroatoms. The third kappa shape index (κ3) is 3.62. The first-order chi connectivity index (χ1) is 9.20. The van der Waals surface area contributed by atoms with Crippen LogP contribution in [-0.2, 0) is 4.74 Å². The van der Waals surface area contributed by atoms with Crippen molar-refractivity contribution in [1.29, 1.82) is 0 Å². The Morgan fingerprint density at radius 3 is 3.05 bits per heavy atom. The molecule has 0 spiro atoms. The largest absolute Gasteiger partial charge is 0.383 e. The summed E-state index contributed by atoms with van der Waals surface area (Å²) in [5, 5.41) is 9.13. The van der Waals surface area contributed by atoms with E-state index in [1.807, 2.05) is 37.4 Å². The lowest BCUT2D eigenvalue weighted by Crippen LogP contribution is -2.38. The topological polar surface area (TPSA) is 46.2 Å². The molecule has 0 aliphatic heterocycles. The molecular formula is C14H17N3OS. The van der Waals surface area contributed by atoms with E-state index in [0.29, 0.717) is 11.7 Å². The highest BCUT2D eigenvalue weighted by Gasteiger charge is 2.06. The van der Waals surface area contributed by atoms with E-state index < -0.39 is 0 Å². The van der Waals surface area contributed by atoms with Crippen molar-refractivity contribution in [1.82, 2.24) is 10.3 Å². The molecule has 1 aromatic carbocycles. The summed E-state index contributed by atoms with van der Waals surface area (Å²) in [5.41, 5.74) is 0.952. The number of thiocarbonyl (C=S) groups is 1. The van der Waals surface area contributed by atoms with E-state index in [-0.39, 0.29) is 6.04 Å². The molecule has 2 N–H and O–H groups in total.